The van der Waals surface area contributed by atoms with Gasteiger partial charge < -0.3 is 10.1 Å². The number of hydrogen-bond donors (Lipinski definition) is 1. The summed E-state index contributed by atoms with van der Waals surface area (Å²) in [6, 6.07) is 7.41. The first kappa shape index (κ1) is 13.6. The Balaban J connectivity index is 2.52. The summed E-state index contributed by atoms with van der Waals surface area (Å²) in [5, 5.41) is 2.85. The molecule has 1 rings (SSSR count). The molecule has 0 unspecified atom stereocenters. The van der Waals surface area contributed by atoms with Crippen LogP contribution in [0.1, 0.15) is 44.0 Å². The first-order valence-corrected chi connectivity index (χ1v) is 6.17. The van der Waals surface area contributed by atoms with Gasteiger partial charge in [-0.25, -0.2) is 0 Å². The molecule has 0 aromatic heterocycles. The molecule has 1 aromatic rings. The number of ether oxygens (including phenoxy) is 1. The topological polar surface area (TPSA) is 38.3 Å². The number of benzene rings is 1. The normalized spacial score (nSPS) is 10.4. The maximum Gasteiger partial charge on any atom is 0.251 e. The monoisotopic (exact) mass is 235 g/mol. The smallest absolute Gasteiger partial charge is 0.251 e. The zero-order valence-corrected chi connectivity index (χ0v) is 10.8. The fraction of sp³-hybridized carbons (Fsp3) is 0.500. The molecule has 3 heteroatoms. The third-order valence-corrected chi connectivity index (χ3v) is 2.30. The summed E-state index contributed by atoms with van der Waals surface area (Å²) >= 11 is 0. The zero-order chi connectivity index (χ0) is 12.7. The van der Waals surface area contributed by atoms with E-state index >= 15 is 0 Å². The summed E-state index contributed by atoms with van der Waals surface area (Å²) in [5.74, 6) is 0.777. The van der Waals surface area contributed by atoms with Crippen LogP contribution in [0.2, 0.25) is 0 Å². The van der Waals surface area contributed by atoms with Gasteiger partial charge in [0.15, 0.2) is 0 Å². The molecule has 0 spiro atoms. The van der Waals surface area contributed by atoms with Gasteiger partial charge in [-0.05, 0) is 44.5 Å². The molecule has 0 aliphatic rings. The molecule has 17 heavy (non-hydrogen) atoms. The number of rotatable bonds is 6. The van der Waals surface area contributed by atoms with E-state index in [0.29, 0.717) is 5.56 Å². The van der Waals surface area contributed by atoms with Gasteiger partial charge in [0.1, 0.15) is 5.75 Å². The minimum absolute atomic E-state index is 0.0416. The van der Waals surface area contributed by atoms with Crippen molar-refractivity contribution in [2.24, 2.45) is 0 Å². The summed E-state index contributed by atoms with van der Waals surface area (Å²) in [6.07, 6.45) is 2.17. The van der Waals surface area contributed by atoms with E-state index in [9.17, 15) is 4.79 Å². The minimum atomic E-state index is -0.0416. The van der Waals surface area contributed by atoms with E-state index in [1.165, 1.54) is 0 Å². The lowest BCUT2D eigenvalue weighted by molar-refractivity contribution is 0.0943. The number of carbonyl (C=O) groups is 1. The molecule has 3 nitrogen and oxygen atoms in total. The lowest BCUT2D eigenvalue weighted by atomic mass is 10.2. The number of nitrogens with one attached hydrogen (secondary N) is 1. The Kier molecular flexibility index (Phi) is 5.53. The van der Waals surface area contributed by atoms with Crippen LogP contribution < -0.4 is 10.1 Å². The fourth-order valence-electron chi connectivity index (χ4n) is 1.38. The highest BCUT2D eigenvalue weighted by Crippen LogP contribution is 2.12. The van der Waals surface area contributed by atoms with Crippen LogP contribution in [0, 0.1) is 0 Å². The van der Waals surface area contributed by atoms with Gasteiger partial charge >= 0.3 is 0 Å². The van der Waals surface area contributed by atoms with Crippen LogP contribution in [0.3, 0.4) is 0 Å². The molecule has 94 valence electrons. The van der Waals surface area contributed by atoms with Gasteiger partial charge in [-0.15, -0.1) is 0 Å². The van der Waals surface area contributed by atoms with Crippen molar-refractivity contribution < 1.29 is 9.53 Å². The summed E-state index contributed by atoms with van der Waals surface area (Å²) in [6.45, 7) is 6.75. The lowest BCUT2D eigenvalue weighted by Gasteiger charge is -2.09. The highest BCUT2D eigenvalue weighted by atomic mass is 16.5. The Bertz CT molecular complexity index is 344. The van der Waals surface area contributed by atoms with Crippen molar-refractivity contribution in [3.8, 4) is 5.75 Å². The second-order valence-electron chi connectivity index (χ2n) is 4.35. The predicted molar refractivity (Wildman–Crippen MR) is 69.4 cm³/mol. The van der Waals surface area contributed by atoms with Gasteiger partial charge in [-0.3, -0.25) is 4.79 Å². The van der Waals surface area contributed by atoms with Crippen molar-refractivity contribution in [3.63, 3.8) is 0 Å². The van der Waals surface area contributed by atoms with E-state index in [-0.39, 0.29) is 11.9 Å². The average molecular weight is 235 g/mol. The van der Waals surface area contributed by atoms with Gasteiger partial charge in [-0.1, -0.05) is 13.3 Å². The van der Waals surface area contributed by atoms with Gasteiger partial charge in [0.2, 0.25) is 0 Å². The predicted octanol–water partition coefficient (Wildman–Crippen LogP) is 3.00. The molecular weight excluding hydrogens is 214 g/mol. The molecule has 1 amide bonds. The van der Waals surface area contributed by atoms with Crippen LogP contribution >= 0.6 is 0 Å². The van der Waals surface area contributed by atoms with Crippen LogP contribution in [0.25, 0.3) is 0 Å². The van der Waals surface area contributed by atoms with Gasteiger partial charge in [0.25, 0.3) is 5.91 Å². The zero-order valence-electron chi connectivity index (χ0n) is 10.8. The third-order valence-electron chi connectivity index (χ3n) is 2.30. The summed E-state index contributed by atoms with van der Waals surface area (Å²) in [5.41, 5.74) is 0.668. The molecule has 0 saturated carbocycles. The van der Waals surface area contributed by atoms with E-state index < -0.39 is 0 Å². The molecule has 0 radical (unpaired) electrons. The molecule has 1 N–H and O–H groups in total. The van der Waals surface area contributed by atoms with Crippen LogP contribution in [0.15, 0.2) is 24.3 Å². The number of hydrogen-bond acceptors (Lipinski definition) is 2. The largest absolute Gasteiger partial charge is 0.494 e. The van der Waals surface area contributed by atoms with Gasteiger partial charge in [0.05, 0.1) is 6.61 Å². The number of carbonyl (C=O) groups excluding carboxylic acids is 1. The highest BCUT2D eigenvalue weighted by molar-refractivity contribution is 5.94. The molecule has 1 aromatic carbocycles. The summed E-state index contributed by atoms with van der Waals surface area (Å²) < 4.78 is 5.53. The quantitative estimate of drug-likeness (QED) is 0.770. The van der Waals surface area contributed by atoms with Crippen molar-refractivity contribution in [2.45, 2.75) is 39.7 Å². The Morgan fingerprint density at radius 3 is 2.47 bits per heavy atom. The molecule has 0 saturated heterocycles. The van der Waals surface area contributed by atoms with Crippen LogP contribution in [0.4, 0.5) is 0 Å². The van der Waals surface area contributed by atoms with Crippen LogP contribution in [0.5, 0.6) is 5.75 Å². The number of unbranched alkanes of at least 4 members (excludes halogenated alkanes) is 1. The summed E-state index contributed by atoms with van der Waals surface area (Å²) in [4.78, 5) is 11.7. The molecule has 0 aliphatic carbocycles. The van der Waals surface area contributed by atoms with Crippen molar-refractivity contribution in [3.05, 3.63) is 29.8 Å². The second kappa shape index (κ2) is 6.94. The van der Waals surface area contributed by atoms with E-state index in [2.05, 4.69) is 12.2 Å². The van der Waals surface area contributed by atoms with Crippen LogP contribution in [-0.2, 0) is 0 Å². The number of amides is 1. The van der Waals surface area contributed by atoms with Crippen molar-refractivity contribution in [2.75, 3.05) is 6.61 Å². The molecule has 0 atom stereocenters. The van der Waals surface area contributed by atoms with Crippen molar-refractivity contribution >= 4 is 5.91 Å². The highest BCUT2D eigenvalue weighted by Gasteiger charge is 2.06. The second-order valence-corrected chi connectivity index (χ2v) is 4.35. The SMILES string of the molecule is CCCCOc1ccc(C(=O)NC(C)C)cc1. The maximum absolute atomic E-state index is 11.7. The maximum atomic E-state index is 11.7. The molecule has 0 fully saturated rings. The van der Waals surface area contributed by atoms with Gasteiger partial charge in [-0.2, -0.15) is 0 Å². The first-order valence-electron chi connectivity index (χ1n) is 6.17. The molecular formula is C14H21NO2. The lowest BCUT2D eigenvalue weighted by Crippen LogP contribution is -2.29. The van der Waals surface area contributed by atoms with Crippen molar-refractivity contribution in [1.82, 2.24) is 5.32 Å². The fourth-order valence-corrected chi connectivity index (χ4v) is 1.38. The third kappa shape index (κ3) is 4.89. The molecule has 0 aliphatic heterocycles. The Morgan fingerprint density at radius 1 is 1.29 bits per heavy atom. The average Bonchev–Trinajstić information content (AvgIpc) is 2.29. The Hall–Kier alpha value is -1.51. The first-order chi connectivity index (χ1) is 8.13. The van der Waals surface area contributed by atoms with Crippen molar-refractivity contribution in [1.29, 1.82) is 0 Å². The van der Waals surface area contributed by atoms with E-state index in [1.54, 1.807) is 12.1 Å². The Labute approximate surface area is 103 Å². The standard InChI is InChI=1S/C14H21NO2/c1-4-5-10-17-13-8-6-12(7-9-13)14(16)15-11(2)3/h6-9,11H,4-5,10H2,1-3H3,(H,15,16). The van der Waals surface area contributed by atoms with E-state index in [1.807, 2.05) is 26.0 Å². The summed E-state index contributed by atoms with van der Waals surface area (Å²) in [7, 11) is 0. The van der Waals surface area contributed by atoms with E-state index in [0.717, 1.165) is 25.2 Å². The van der Waals surface area contributed by atoms with Gasteiger partial charge in [0, 0.05) is 11.6 Å². The molecule has 0 heterocycles. The minimum Gasteiger partial charge on any atom is -0.494 e. The Morgan fingerprint density at radius 2 is 1.94 bits per heavy atom. The van der Waals surface area contributed by atoms with Crippen LogP contribution in [-0.4, -0.2) is 18.6 Å². The molecule has 0 bridgehead atoms. The van der Waals surface area contributed by atoms with E-state index in [4.69, 9.17) is 4.74 Å².